The van der Waals surface area contributed by atoms with E-state index in [1.54, 1.807) is 0 Å². The average molecular weight is 287 g/mol. The first-order valence-electron chi connectivity index (χ1n) is 3.67. The third-order valence-electron chi connectivity index (χ3n) is 1.66. The quantitative estimate of drug-likeness (QED) is 0.792. The summed E-state index contributed by atoms with van der Waals surface area (Å²) >= 11 is 8.91. The predicted octanol–water partition coefficient (Wildman–Crippen LogP) is 3.58. The molecule has 2 nitrogen and oxygen atoms in total. The summed E-state index contributed by atoms with van der Waals surface area (Å²) in [6, 6.07) is 0. The topological polar surface area (TPSA) is 22.1 Å². The Labute approximate surface area is 93.4 Å². The minimum atomic E-state index is -2.67. The van der Waals surface area contributed by atoms with Crippen LogP contribution in [0.5, 0.6) is 5.75 Å². The molecular weight excluding hydrogens is 279 g/mol. The SMILES string of the molecule is COc1c(C(F)F)ncc(Cl)c1CBr. The highest BCUT2D eigenvalue weighted by Gasteiger charge is 2.20. The van der Waals surface area contributed by atoms with Crippen LogP contribution in [0.1, 0.15) is 17.7 Å². The molecule has 0 aliphatic heterocycles. The van der Waals surface area contributed by atoms with Crippen molar-refractivity contribution in [2.24, 2.45) is 0 Å². The van der Waals surface area contributed by atoms with E-state index >= 15 is 0 Å². The molecular formula is C8H7BrClF2NO. The first kappa shape index (κ1) is 11.7. The minimum absolute atomic E-state index is 0.0457. The Hall–Kier alpha value is -0.420. The fraction of sp³-hybridized carbons (Fsp3) is 0.375. The van der Waals surface area contributed by atoms with Crippen molar-refractivity contribution in [3.8, 4) is 5.75 Å². The zero-order valence-electron chi connectivity index (χ0n) is 7.23. The molecule has 1 heterocycles. The second-order valence-electron chi connectivity index (χ2n) is 2.44. The van der Waals surface area contributed by atoms with E-state index in [4.69, 9.17) is 16.3 Å². The largest absolute Gasteiger partial charge is 0.494 e. The lowest BCUT2D eigenvalue weighted by Gasteiger charge is -2.11. The Bertz CT molecular complexity index is 335. The van der Waals surface area contributed by atoms with Crippen molar-refractivity contribution in [3.63, 3.8) is 0 Å². The highest BCUT2D eigenvalue weighted by molar-refractivity contribution is 9.08. The lowest BCUT2D eigenvalue weighted by atomic mass is 10.2. The summed E-state index contributed by atoms with van der Waals surface area (Å²) < 4.78 is 29.8. The van der Waals surface area contributed by atoms with Gasteiger partial charge in [-0.2, -0.15) is 0 Å². The maximum atomic E-state index is 12.5. The second-order valence-corrected chi connectivity index (χ2v) is 3.41. The van der Waals surface area contributed by atoms with Gasteiger partial charge in [0.2, 0.25) is 0 Å². The van der Waals surface area contributed by atoms with Crippen LogP contribution >= 0.6 is 27.5 Å². The van der Waals surface area contributed by atoms with Crippen molar-refractivity contribution >= 4 is 27.5 Å². The molecule has 0 unspecified atom stereocenters. The van der Waals surface area contributed by atoms with Gasteiger partial charge in [-0.05, 0) is 0 Å². The second kappa shape index (κ2) is 4.89. The van der Waals surface area contributed by atoms with Gasteiger partial charge in [0.05, 0.1) is 12.1 Å². The third-order valence-corrected chi connectivity index (χ3v) is 2.54. The molecule has 1 rings (SSSR count). The number of rotatable bonds is 3. The van der Waals surface area contributed by atoms with Crippen LogP contribution in [0, 0.1) is 0 Å². The normalized spacial score (nSPS) is 10.7. The first-order chi connectivity index (χ1) is 6.61. The van der Waals surface area contributed by atoms with Crippen LogP contribution in [-0.4, -0.2) is 12.1 Å². The van der Waals surface area contributed by atoms with Crippen molar-refractivity contribution in [1.29, 1.82) is 0 Å². The van der Waals surface area contributed by atoms with Crippen LogP contribution in [-0.2, 0) is 5.33 Å². The van der Waals surface area contributed by atoms with Gasteiger partial charge in [0.25, 0.3) is 6.43 Å². The van der Waals surface area contributed by atoms with E-state index in [-0.39, 0.29) is 11.4 Å². The van der Waals surface area contributed by atoms with Gasteiger partial charge in [-0.15, -0.1) is 0 Å². The van der Waals surface area contributed by atoms with Gasteiger partial charge < -0.3 is 4.74 Å². The zero-order valence-corrected chi connectivity index (χ0v) is 9.57. The smallest absolute Gasteiger partial charge is 0.284 e. The standard InChI is InChI=1S/C8H7BrClF2NO/c1-14-7-4(2-9)5(10)3-13-6(7)8(11)12/h3,8H,2H2,1H3. The van der Waals surface area contributed by atoms with Gasteiger partial charge in [0.15, 0.2) is 5.75 Å². The summed E-state index contributed by atoms with van der Waals surface area (Å²) in [4.78, 5) is 3.53. The Morgan fingerprint density at radius 3 is 2.71 bits per heavy atom. The number of alkyl halides is 3. The van der Waals surface area contributed by atoms with Crippen molar-refractivity contribution in [2.45, 2.75) is 11.8 Å². The number of halogens is 4. The highest BCUT2D eigenvalue weighted by Crippen LogP contribution is 2.35. The number of hydrogen-bond donors (Lipinski definition) is 0. The summed E-state index contributed by atoms with van der Waals surface area (Å²) in [5, 5.41) is 0.653. The predicted molar refractivity (Wildman–Crippen MR) is 53.4 cm³/mol. The summed E-state index contributed by atoms with van der Waals surface area (Å²) in [7, 11) is 1.31. The maximum Gasteiger partial charge on any atom is 0.284 e. The average Bonchev–Trinajstić information content (AvgIpc) is 2.16. The first-order valence-corrected chi connectivity index (χ1v) is 5.17. The van der Waals surface area contributed by atoms with Gasteiger partial charge in [0, 0.05) is 17.1 Å². The molecule has 78 valence electrons. The Morgan fingerprint density at radius 2 is 2.29 bits per heavy atom. The Balaban J connectivity index is 3.33. The van der Waals surface area contributed by atoms with Crippen LogP contribution in [0.2, 0.25) is 5.02 Å². The zero-order chi connectivity index (χ0) is 10.7. The molecule has 0 radical (unpaired) electrons. The van der Waals surface area contributed by atoms with Crippen LogP contribution in [0.4, 0.5) is 8.78 Å². The fourth-order valence-corrected chi connectivity index (χ4v) is 1.95. The van der Waals surface area contributed by atoms with Gasteiger partial charge in [-0.25, -0.2) is 13.8 Å². The van der Waals surface area contributed by atoms with Crippen molar-refractivity contribution in [3.05, 3.63) is 22.5 Å². The van der Waals surface area contributed by atoms with E-state index in [1.807, 2.05) is 0 Å². The van der Waals surface area contributed by atoms with Gasteiger partial charge in [-0.1, -0.05) is 27.5 Å². The van der Waals surface area contributed by atoms with E-state index in [0.29, 0.717) is 15.9 Å². The van der Waals surface area contributed by atoms with E-state index in [1.165, 1.54) is 13.3 Å². The molecule has 1 aromatic rings. The Kier molecular flexibility index (Phi) is 4.07. The molecule has 0 amide bonds. The summed E-state index contributed by atoms with van der Waals surface area (Å²) in [5.74, 6) is 0.0457. The molecule has 0 fully saturated rings. The number of ether oxygens (including phenoxy) is 1. The van der Waals surface area contributed by atoms with Gasteiger partial charge in [-0.3, -0.25) is 0 Å². The van der Waals surface area contributed by atoms with E-state index in [0.717, 1.165) is 0 Å². The van der Waals surface area contributed by atoms with E-state index in [2.05, 4.69) is 20.9 Å². The Morgan fingerprint density at radius 1 is 1.64 bits per heavy atom. The molecule has 0 spiro atoms. The van der Waals surface area contributed by atoms with Crippen LogP contribution in [0.15, 0.2) is 6.20 Å². The lowest BCUT2D eigenvalue weighted by molar-refractivity contribution is 0.141. The van der Waals surface area contributed by atoms with Crippen LogP contribution < -0.4 is 4.74 Å². The van der Waals surface area contributed by atoms with Gasteiger partial charge >= 0.3 is 0 Å². The summed E-state index contributed by atoms with van der Waals surface area (Å²) in [5.41, 5.74) is 0.103. The molecule has 0 bridgehead atoms. The molecule has 0 aliphatic carbocycles. The molecule has 0 atom stereocenters. The minimum Gasteiger partial charge on any atom is -0.494 e. The maximum absolute atomic E-state index is 12.5. The molecule has 0 N–H and O–H groups in total. The molecule has 0 aliphatic rings. The number of aromatic nitrogens is 1. The van der Waals surface area contributed by atoms with E-state index < -0.39 is 6.43 Å². The van der Waals surface area contributed by atoms with Crippen LogP contribution in [0.25, 0.3) is 0 Å². The van der Waals surface area contributed by atoms with Crippen molar-refractivity contribution in [2.75, 3.05) is 7.11 Å². The van der Waals surface area contributed by atoms with Crippen molar-refractivity contribution < 1.29 is 13.5 Å². The third kappa shape index (κ3) is 2.15. The lowest BCUT2D eigenvalue weighted by Crippen LogP contribution is -2.00. The monoisotopic (exact) mass is 285 g/mol. The number of pyridine rings is 1. The van der Waals surface area contributed by atoms with Gasteiger partial charge in [0.1, 0.15) is 5.69 Å². The molecule has 0 saturated carbocycles. The molecule has 14 heavy (non-hydrogen) atoms. The fourth-order valence-electron chi connectivity index (χ4n) is 1.03. The van der Waals surface area contributed by atoms with Crippen molar-refractivity contribution in [1.82, 2.24) is 4.98 Å². The number of methoxy groups -OCH3 is 1. The highest BCUT2D eigenvalue weighted by atomic mass is 79.9. The summed E-state index contributed by atoms with van der Waals surface area (Å²) in [6.07, 6.45) is -1.47. The molecule has 6 heteroatoms. The number of hydrogen-bond acceptors (Lipinski definition) is 2. The summed E-state index contributed by atoms with van der Waals surface area (Å²) in [6.45, 7) is 0. The van der Waals surface area contributed by atoms with Crippen LogP contribution in [0.3, 0.4) is 0 Å². The molecule has 0 saturated heterocycles. The molecule has 1 aromatic heterocycles. The molecule has 0 aromatic carbocycles. The number of nitrogens with zero attached hydrogens (tertiary/aromatic N) is 1. The van der Waals surface area contributed by atoms with E-state index in [9.17, 15) is 8.78 Å².